The second-order valence-corrected chi connectivity index (χ2v) is 7.28. The van der Waals surface area contributed by atoms with Gasteiger partial charge in [0.05, 0.1) is 12.4 Å². The van der Waals surface area contributed by atoms with Crippen molar-refractivity contribution in [3.63, 3.8) is 0 Å². The molecule has 25 heavy (non-hydrogen) atoms. The molecular formula is C18H23BrFN5. The molecule has 2 unspecified atom stereocenters. The number of likely N-dealkylation sites (tertiary alicyclic amines) is 1. The third-order valence-electron chi connectivity index (χ3n) is 4.78. The molecule has 7 heteroatoms. The van der Waals surface area contributed by atoms with Crippen molar-refractivity contribution in [1.29, 1.82) is 0 Å². The Kier molecular flexibility index (Phi) is 5.73. The number of benzene rings is 1. The normalized spacial score (nSPS) is 21.4. The van der Waals surface area contributed by atoms with Crippen LogP contribution in [-0.4, -0.2) is 40.5 Å². The molecule has 1 aliphatic rings. The van der Waals surface area contributed by atoms with Crippen LogP contribution in [0.2, 0.25) is 0 Å². The molecule has 2 atom stereocenters. The van der Waals surface area contributed by atoms with E-state index in [0.29, 0.717) is 18.5 Å². The predicted octanol–water partition coefficient (Wildman–Crippen LogP) is 3.44. The minimum absolute atomic E-state index is 0.234. The van der Waals surface area contributed by atoms with Gasteiger partial charge in [-0.3, -0.25) is 4.99 Å². The molecule has 1 N–H and O–H groups in total. The topological polar surface area (TPSA) is 45.5 Å². The average molecular weight is 408 g/mol. The summed E-state index contributed by atoms with van der Waals surface area (Å²) in [6.45, 7) is 4.63. The van der Waals surface area contributed by atoms with Crippen molar-refractivity contribution in [3.05, 3.63) is 52.8 Å². The molecule has 134 valence electrons. The lowest BCUT2D eigenvalue weighted by Crippen LogP contribution is -2.48. The number of hydrogen-bond donors (Lipinski definition) is 1. The summed E-state index contributed by atoms with van der Waals surface area (Å²) in [6, 6.07) is 5.09. The number of aromatic nitrogens is 2. The summed E-state index contributed by atoms with van der Waals surface area (Å²) >= 11 is 3.47. The Balaban J connectivity index is 1.67. The van der Waals surface area contributed by atoms with Gasteiger partial charge in [0.25, 0.3) is 0 Å². The summed E-state index contributed by atoms with van der Waals surface area (Å²) in [5, 5.41) is 3.36. The summed E-state index contributed by atoms with van der Waals surface area (Å²) in [6.07, 6.45) is 6.81. The molecule has 0 radical (unpaired) electrons. The fourth-order valence-electron chi connectivity index (χ4n) is 3.28. The molecule has 1 aromatic heterocycles. The van der Waals surface area contributed by atoms with Crippen LogP contribution in [-0.2, 0) is 6.54 Å². The van der Waals surface area contributed by atoms with E-state index in [0.717, 1.165) is 35.5 Å². The maximum absolute atomic E-state index is 13.5. The maximum Gasteiger partial charge on any atom is 0.193 e. The number of nitrogens with one attached hydrogen (secondary N) is 1. The van der Waals surface area contributed by atoms with Crippen LogP contribution in [0.25, 0.3) is 0 Å². The van der Waals surface area contributed by atoms with Gasteiger partial charge in [0.15, 0.2) is 5.96 Å². The van der Waals surface area contributed by atoms with Crippen molar-refractivity contribution in [3.8, 4) is 0 Å². The molecule has 0 bridgehead atoms. The summed E-state index contributed by atoms with van der Waals surface area (Å²) < 4.78 is 16.5. The van der Waals surface area contributed by atoms with Gasteiger partial charge in [-0.05, 0) is 36.1 Å². The van der Waals surface area contributed by atoms with Crippen LogP contribution in [0.3, 0.4) is 0 Å². The molecule has 1 fully saturated rings. The molecule has 1 aliphatic heterocycles. The van der Waals surface area contributed by atoms with Crippen LogP contribution < -0.4 is 5.32 Å². The number of piperidine rings is 1. The first-order chi connectivity index (χ1) is 12.1. The molecule has 3 rings (SSSR count). The highest BCUT2D eigenvalue weighted by atomic mass is 79.9. The van der Waals surface area contributed by atoms with Crippen molar-refractivity contribution in [2.24, 2.45) is 10.9 Å². The van der Waals surface area contributed by atoms with Crippen molar-refractivity contribution in [2.75, 3.05) is 20.1 Å². The Labute approximate surface area is 156 Å². The number of imidazole rings is 1. The summed E-state index contributed by atoms with van der Waals surface area (Å²) in [5.41, 5.74) is 0.873. The molecule has 1 saturated heterocycles. The SMILES string of the molecule is CN=C(NCc1cc(F)ccc1Br)N1CCC(C)C(n2ccnc2)C1. The van der Waals surface area contributed by atoms with E-state index in [2.05, 4.69) is 47.6 Å². The number of nitrogens with zero attached hydrogens (tertiary/aromatic N) is 4. The quantitative estimate of drug-likeness (QED) is 0.625. The molecule has 0 amide bonds. The highest BCUT2D eigenvalue weighted by Gasteiger charge is 2.28. The minimum atomic E-state index is -0.234. The van der Waals surface area contributed by atoms with E-state index in [4.69, 9.17) is 0 Å². The lowest BCUT2D eigenvalue weighted by Gasteiger charge is -2.39. The molecule has 5 nitrogen and oxygen atoms in total. The van der Waals surface area contributed by atoms with Crippen molar-refractivity contribution < 1.29 is 4.39 Å². The zero-order valence-corrected chi connectivity index (χ0v) is 16.1. The second-order valence-electron chi connectivity index (χ2n) is 6.43. The predicted molar refractivity (Wildman–Crippen MR) is 101 cm³/mol. The van der Waals surface area contributed by atoms with Gasteiger partial charge in [0, 0.05) is 43.5 Å². The van der Waals surface area contributed by atoms with Crippen LogP contribution in [0, 0.1) is 11.7 Å². The van der Waals surface area contributed by atoms with Crippen LogP contribution in [0.1, 0.15) is 24.9 Å². The molecule has 0 spiro atoms. The van der Waals surface area contributed by atoms with E-state index in [1.807, 2.05) is 18.7 Å². The zero-order chi connectivity index (χ0) is 17.8. The fourth-order valence-corrected chi connectivity index (χ4v) is 3.67. The molecule has 1 aromatic carbocycles. The summed E-state index contributed by atoms with van der Waals surface area (Å²) in [5.74, 6) is 1.19. The van der Waals surface area contributed by atoms with Crippen LogP contribution in [0.5, 0.6) is 0 Å². The van der Waals surface area contributed by atoms with Gasteiger partial charge in [0.2, 0.25) is 0 Å². The average Bonchev–Trinajstić information content (AvgIpc) is 3.14. The van der Waals surface area contributed by atoms with Crippen LogP contribution >= 0.6 is 15.9 Å². The fraction of sp³-hybridized carbons (Fsp3) is 0.444. The highest BCUT2D eigenvalue weighted by molar-refractivity contribution is 9.10. The molecule has 0 aliphatic carbocycles. The smallest absolute Gasteiger partial charge is 0.193 e. The minimum Gasteiger partial charge on any atom is -0.352 e. The Morgan fingerprint density at radius 2 is 2.32 bits per heavy atom. The van der Waals surface area contributed by atoms with E-state index >= 15 is 0 Å². The Morgan fingerprint density at radius 1 is 1.48 bits per heavy atom. The Hall–Kier alpha value is -1.89. The Morgan fingerprint density at radius 3 is 3.04 bits per heavy atom. The summed E-state index contributed by atoms with van der Waals surface area (Å²) in [4.78, 5) is 10.9. The van der Waals surface area contributed by atoms with Crippen LogP contribution in [0.4, 0.5) is 4.39 Å². The van der Waals surface area contributed by atoms with Crippen molar-refractivity contribution in [2.45, 2.75) is 25.9 Å². The van der Waals surface area contributed by atoms with E-state index in [-0.39, 0.29) is 5.82 Å². The molecule has 2 heterocycles. The van der Waals surface area contributed by atoms with Crippen molar-refractivity contribution >= 4 is 21.9 Å². The number of aliphatic imine (C=N–C) groups is 1. The van der Waals surface area contributed by atoms with E-state index in [9.17, 15) is 4.39 Å². The maximum atomic E-state index is 13.5. The monoisotopic (exact) mass is 407 g/mol. The van der Waals surface area contributed by atoms with Gasteiger partial charge < -0.3 is 14.8 Å². The zero-order valence-electron chi connectivity index (χ0n) is 14.5. The van der Waals surface area contributed by atoms with Gasteiger partial charge in [-0.15, -0.1) is 0 Å². The van der Waals surface area contributed by atoms with Gasteiger partial charge >= 0.3 is 0 Å². The van der Waals surface area contributed by atoms with E-state index < -0.39 is 0 Å². The Bertz CT molecular complexity index is 731. The lowest BCUT2D eigenvalue weighted by atomic mass is 9.93. The third kappa shape index (κ3) is 4.21. The molecule has 0 saturated carbocycles. The first-order valence-electron chi connectivity index (χ1n) is 8.45. The first-order valence-corrected chi connectivity index (χ1v) is 9.24. The highest BCUT2D eigenvalue weighted by Crippen LogP contribution is 2.27. The number of halogens is 2. The van der Waals surface area contributed by atoms with Crippen LogP contribution in [0.15, 0.2) is 46.4 Å². The number of guanidine groups is 1. The van der Waals surface area contributed by atoms with Gasteiger partial charge in [-0.1, -0.05) is 22.9 Å². The largest absolute Gasteiger partial charge is 0.352 e. The second kappa shape index (κ2) is 7.99. The van der Waals surface area contributed by atoms with Gasteiger partial charge in [-0.25, -0.2) is 9.37 Å². The van der Waals surface area contributed by atoms with E-state index in [1.165, 1.54) is 12.1 Å². The number of rotatable bonds is 3. The standard InChI is InChI=1S/C18H23BrFN5/c1-13-5-7-24(11-17(13)25-8-6-22-12-25)18(21-2)23-10-14-9-15(20)3-4-16(14)19/h3-4,6,8-9,12-13,17H,5,7,10-11H2,1-2H3,(H,21,23). The van der Waals surface area contributed by atoms with Gasteiger partial charge in [0.1, 0.15) is 5.82 Å². The summed E-state index contributed by atoms with van der Waals surface area (Å²) in [7, 11) is 1.78. The van der Waals surface area contributed by atoms with Crippen molar-refractivity contribution in [1.82, 2.24) is 19.8 Å². The number of hydrogen-bond acceptors (Lipinski definition) is 2. The third-order valence-corrected chi connectivity index (χ3v) is 5.56. The first kappa shape index (κ1) is 17.9. The van der Waals surface area contributed by atoms with Gasteiger partial charge in [-0.2, -0.15) is 0 Å². The molecule has 2 aromatic rings. The lowest BCUT2D eigenvalue weighted by molar-refractivity contribution is 0.189. The van der Waals surface area contributed by atoms with E-state index in [1.54, 1.807) is 13.1 Å². The molecular weight excluding hydrogens is 385 g/mol.